The second kappa shape index (κ2) is 7.02. The summed E-state index contributed by atoms with van der Waals surface area (Å²) >= 11 is 0. The van der Waals surface area contributed by atoms with Crippen LogP contribution < -0.4 is 5.32 Å². The number of ether oxygens (including phenoxy) is 1. The van der Waals surface area contributed by atoms with Gasteiger partial charge in [-0.25, -0.2) is 8.42 Å². The number of nitrogens with zero attached hydrogens (tertiary/aromatic N) is 1. The Kier molecular flexibility index (Phi) is 5.62. The zero-order chi connectivity index (χ0) is 13.7. The Balaban J connectivity index is 2.01. The summed E-state index contributed by atoms with van der Waals surface area (Å²) in [6.45, 7) is 2.23. The van der Waals surface area contributed by atoms with Gasteiger partial charge in [-0.1, -0.05) is 6.42 Å². The summed E-state index contributed by atoms with van der Waals surface area (Å²) in [4.78, 5) is 0. The largest absolute Gasteiger partial charge is 0.385 e. The molecule has 0 radical (unpaired) electrons. The van der Waals surface area contributed by atoms with Gasteiger partial charge in [0, 0.05) is 32.3 Å². The standard InChI is InChI=1S/C13H26N2O3S/c1-18-10-5-11-19(16,17)15-9-3-2-7-13(15)12-6-4-8-14-12/h12-14H,2-11H2,1H3. The fraction of sp³-hybridized carbons (Fsp3) is 1.00. The van der Waals surface area contributed by atoms with Gasteiger partial charge >= 0.3 is 0 Å². The normalized spacial score (nSPS) is 29.7. The highest BCUT2D eigenvalue weighted by molar-refractivity contribution is 7.89. The Labute approximate surface area is 116 Å². The predicted molar refractivity (Wildman–Crippen MR) is 75.6 cm³/mol. The number of hydrogen-bond donors (Lipinski definition) is 1. The lowest BCUT2D eigenvalue weighted by molar-refractivity contribution is 0.195. The van der Waals surface area contributed by atoms with Gasteiger partial charge in [-0.2, -0.15) is 4.31 Å². The molecule has 2 rings (SSSR count). The molecule has 2 aliphatic rings. The lowest BCUT2D eigenvalue weighted by Gasteiger charge is -2.38. The molecule has 0 aromatic rings. The topological polar surface area (TPSA) is 58.6 Å². The highest BCUT2D eigenvalue weighted by Crippen LogP contribution is 2.27. The van der Waals surface area contributed by atoms with E-state index in [4.69, 9.17) is 4.74 Å². The Morgan fingerprint density at radius 1 is 1.26 bits per heavy atom. The quantitative estimate of drug-likeness (QED) is 0.740. The third-order valence-electron chi connectivity index (χ3n) is 4.17. The van der Waals surface area contributed by atoms with Crippen molar-refractivity contribution >= 4 is 10.0 Å². The van der Waals surface area contributed by atoms with Crippen molar-refractivity contribution in [3.05, 3.63) is 0 Å². The average Bonchev–Trinajstić information content (AvgIpc) is 2.93. The van der Waals surface area contributed by atoms with Crippen LogP contribution in [-0.2, 0) is 14.8 Å². The number of piperidine rings is 1. The van der Waals surface area contributed by atoms with Crippen molar-refractivity contribution in [1.29, 1.82) is 0 Å². The summed E-state index contributed by atoms with van der Waals surface area (Å²) in [5.41, 5.74) is 0. The van der Waals surface area contributed by atoms with Crippen LogP contribution in [0.15, 0.2) is 0 Å². The van der Waals surface area contributed by atoms with E-state index in [1.54, 1.807) is 11.4 Å². The molecule has 1 N–H and O–H groups in total. The summed E-state index contributed by atoms with van der Waals surface area (Å²) < 4.78 is 31.7. The molecule has 2 fully saturated rings. The van der Waals surface area contributed by atoms with Crippen LogP contribution in [0.2, 0.25) is 0 Å². The van der Waals surface area contributed by atoms with Crippen LogP contribution >= 0.6 is 0 Å². The summed E-state index contributed by atoms with van der Waals surface area (Å²) in [6.07, 6.45) is 5.99. The lowest BCUT2D eigenvalue weighted by Crippen LogP contribution is -2.53. The third kappa shape index (κ3) is 3.90. The van der Waals surface area contributed by atoms with E-state index >= 15 is 0 Å². The van der Waals surface area contributed by atoms with Gasteiger partial charge < -0.3 is 10.1 Å². The molecule has 2 atom stereocenters. The van der Waals surface area contributed by atoms with Crippen molar-refractivity contribution in [2.45, 2.75) is 50.6 Å². The van der Waals surface area contributed by atoms with E-state index < -0.39 is 10.0 Å². The van der Waals surface area contributed by atoms with Crippen molar-refractivity contribution in [3.63, 3.8) is 0 Å². The first-order chi connectivity index (χ1) is 9.15. The van der Waals surface area contributed by atoms with Crippen molar-refractivity contribution < 1.29 is 13.2 Å². The fourth-order valence-corrected chi connectivity index (χ4v) is 5.01. The molecule has 112 valence electrons. The Morgan fingerprint density at radius 2 is 2.11 bits per heavy atom. The van der Waals surface area contributed by atoms with Crippen LogP contribution in [0.4, 0.5) is 0 Å². The van der Waals surface area contributed by atoms with E-state index in [0.717, 1.165) is 32.2 Å². The minimum atomic E-state index is -3.13. The van der Waals surface area contributed by atoms with Gasteiger partial charge in [0.1, 0.15) is 0 Å². The minimum absolute atomic E-state index is 0.170. The van der Waals surface area contributed by atoms with Crippen molar-refractivity contribution in [2.24, 2.45) is 0 Å². The van der Waals surface area contributed by atoms with Crippen LogP contribution in [0.3, 0.4) is 0 Å². The maximum Gasteiger partial charge on any atom is 0.214 e. The van der Waals surface area contributed by atoms with Gasteiger partial charge in [0.2, 0.25) is 10.0 Å². The second-order valence-electron chi connectivity index (χ2n) is 5.54. The van der Waals surface area contributed by atoms with Crippen LogP contribution in [0.5, 0.6) is 0 Å². The molecule has 2 saturated heterocycles. The molecular weight excluding hydrogens is 264 g/mol. The van der Waals surface area contributed by atoms with Crippen LogP contribution in [0.1, 0.15) is 38.5 Å². The lowest BCUT2D eigenvalue weighted by atomic mass is 9.97. The first kappa shape index (κ1) is 15.2. The Morgan fingerprint density at radius 3 is 2.79 bits per heavy atom. The molecule has 5 nitrogen and oxygen atoms in total. The Bertz CT molecular complexity index is 366. The summed E-state index contributed by atoms with van der Waals surface area (Å²) in [5.74, 6) is 0.212. The molecule has 0 spiro atoms. The number of rotatable bonds is 6. The molecule has 19 heavy (non-hydrogen) atoms. The molecule has 6 heteroatoms. The first-order valence-electron chi connectivity index (χ1n) is 7.37. The average molecular weight is 290 g/mol. The monoisotopic (exact) mass is 290 g/mol. The van der Waals surface area contributed by atoms with Gasteiger partial charge in [0.05, 0.1) is 5.75 Å². The van der Waals surface area contributed by atoms with Gasteiger partial charge in [0.25, 0.3) is 0 Å². The second-order valence-corrected chi connectivity index (χ2v) is 7.58. The van der Waals surface area contributed by atoms with Crippen LogP contribution in [-0.4, -0.2) is 57.4 Å². The maximum atomic E-state index is 12.5. The molecule has 0 aromatic carbocycles. The Hall–Kier alpha value is -0.170. The highest BCUT2D eigenvalue weighted by atomic mass is 32.2. The van der Waals surface area contributed by atoms with Gasteiger partial charge in [-0.15, -0.1) is 0 Å². The van der Waals surface area contributed by atoms with E-state index in [2.05, 4.69) is 5.32 Å². The molecule has 2 heterocycles. The smallest absolute Gasteiger partial charge is 0.214 e. The molecular formula is C13H26N2O3S. The number of nitrogens with one attached hydrogen (secondary N) is 1. The molecule has 2 unspecified atom stereocenters. The SMILES string of the molecule is COCCCS(=O)(=O)N1CCCCC1C1CCCN1. The number of sulfonamides is 1. The predicted octanol–water partition coefficient (Wildman–Crippen LogP) is 0.959. The molecule has 0 aromatic heterocycles. The first-order valence-corrected chi connectivity index (χ1v) is 8.98. The van der Waals surface area contributed by atoms with E-state index in [0.29, 0.717) is 25.6 Å². The van der Waals surface area contributed by atoms with Gasteiger partial charge in [-0.05, 0) is 38.6 Å². The van der Waals surface area contributed by atoms with E-state index in [-0.39, 0.29) is 11.8 Å². The minimum Gasteiger partial charge on any atom is -0.385 e. The summed E-state index contributed by atoms with van der Waals surface area (Å²) in [5, 5.41) is 3.46. The van der Waals surface area contributed by atoms with Crippen molar-refractivity contribution in [1.82, 2.24) is 9.62 Å². The molecule has 0 bridgehead atoms. The summed E-state index contributed by atoms with van der Waals surface area (Å²) in [6, 6.07) is 0.529. The van der Waals surface area contributed by atoms with Crippen molar-refractivity contribution in [3.8, 4) is 0 Å². The van der Waals surface area contributed by atoms with Gasteiger partial charge in [0.15, 0.2) is 0 Å². The number of methoxy groups -OCH3 is 1. The van der Waals surface area contributed by atoms with E-state index in [1.165, 1.54) is 6.42 Å². The molecule has 0 amide bonds. The van der Waals surface area contributed by atoms with E-state index in [9.17, 15) is 8.42 Å². The zero-order valence-electron chi connectivity index (χ0n) is 11.8. The van der Waals surface area contributed by atoms with Crippen molar-refractivity contribution in [2.75, 3.05) is 32.6 Å². The van der Waals surface area contributed by atoms with Crippen LogP contribution in [0.25, 0.3) is 0 Å². The highest BCUT2D eigenvalue weighted by Gasteiger charge is 2.37. The van der Waals surface area contributed by atoms with Crippen LogP contribution in [0, 0.1) is 0 Å². The number of hydrogen-bond acceptors (Lipinski definition) is 4. The third-order valence-corrected chi connectivity index (χ3v) is 6.14. The summed E-state index contributed by atoms with van der Waals surface area (Å²) in [7, 11) is -1.52. The van der Waals surface area contributed by atoms with E-state index in [1.807, 2.05) is 0 Å². The maximum absolute atomic E-state index is 12.5. The fourth-order valence-electron chi connectivity index (χ4n) is 3.22. The zero-order valence-corrected chi connectivity index (χ0v) is 12.6. The molecule has 2 aliphatic heterocycles. The van der Waals surface area contributed by atoms with Gasteiger partial charge in [-0.3, -0.25) is 0 Å². The molecule has 0 saturated carbocycles. The molecule has 0 aliphatic carbocycles.